The van der Waals surface area contributed by atoms with Crippen LogP contribution in [0.5, 0.6) is 0 Å². The highest BCUT2D eigenvalue weighted by molar-refractivity contribution is 7.80. The number of nitrogens with one attached hydrogen (secondary N) is 1. The fourth-order valence-electron chi connectivity index (χ4n) is 0.861. The van der Waals surface area contributed by atoms with Gasteiger partial charge in [0.2, 0.25) is 0 Å². The average molecular weight is 158 g/mol. The molecular weight excluding hydrogens is 148 g/mol. The Morgan fingerprint density at radius 2 is 2.60 bits per heavy atom. The summed E-state index contributed by atoms with van der Waals surface area (Å²) in [6.45, 7) is 1.90. The topological polar surface area (TPSA) is 47.3 Å². The Kier molecular flexibility index (Phi) is 1.80. The second-order valence-corrected chi connectivity index (χ2v) is 2.85. The van der Waals surface area contributed by atoms with E-state index in [-0.39, 0.29) is 5.11 Å². The lowest BCUT2D eigenvalue weighted by atomic mass is 10.2. The molecule has 4 heteroatoms. The van der Waals surface area contributed by atoms with Gasteiger partial charge < -0.3 is 15.8 Å². The Balaban J connectivity index is 2.46. The van der Waals surface area contributed by atoms with Crippen molar-refractivity contribution in [3.63, 3.8) is 0 Å². The molecule has 0 unspecified atom stereocenters. The van der Waals surface area contributed by atoms with Gasteiger partial charge in [0.25, 0.3) is 0 Å². The van der Waals surface area contributed by atoms with Crippen molar-refractivity contribution in [1.29, 1.82) is 0 Å². The van der Waals surface area contributed by atoms with Crippen molar-refractivity contribution in [2.24, 2.45) is 5.73 Å². The second-order valence-electron chi connectivity index (χ2n) is 2.41. The summed E-state index contributed by atoms with van der Waals surface area (Å²) < 4.78 is 5.19. The number of rotatable bonds is 1. The molecule has 0 bridgehead atoms. The van der Waals surface area contributed by atoms with E-state index in [4.69, 9.17) is 10.5 Å². The minimum atomic E-state index is -0.411. The molecule has 0 saturated heterocycles. The molecule has 1 atom stereocenters. The molecule has 3 N–H and O–H groups in total. The van der Waals surface area contributed by atoms with Gasteiger partial charge in [-0.05, 0) is 25.2 Å². The van der Waals surface area contributed by atoms with Gasteiger partial charge in [-0.2, -0.15) is 0 Å². The van der Waals surface area contributed by atoms with Crippen LogP contribution in [0.25, 0.3) is 0 Å². The summed E-state index contributed by atoms with van der Waals surface area (Å²) >= 11 is 4.66. The molecule has 0 aromatic heterocycles. The van der Waals surface area contributed by atoms with Crippen molar-refractivity contribution >= 4 is 17.3 Å². The molecular formula is C6H10N2OS. The molecule has 1 aliphatic heterocycles. The van der Waals surface area contributed by atoms with Gasteiger partial charge in [-0.3, -0.25) is 0 Å². The van der Waals surface area contributed by atoms with Crippen LogP contribution in [-0.4, -0.2) is 10.8 Å². The molecule has 1 aliphatic rings. The van der Waals surface area contributed by atoms with Crippen LogP contribution in [0.2, 0.25) is 0 Å². The normalized spacial score (nSPS) is 29.7. The Hall–Kier alpha value is -0.770. The average Bonchev–Trinajstić information content (AvgIpc) is 2.12. The number of ether oxygens (including phenoxy) is 1. The van der Waals surface area contributed by atoms with Crippen LogP contribution in [0.3, 0.4) is 0 Å². The molecule has 0 aliphatic carbocycles. The summed E-state index contributed by atoms with van der Waals surface area (Å²) in [6, 6.07) is 0. The largest absolute Gasteiger partial charge is 0.476 e. The molecule has 56 valence electrons. The Bertz CT molecular complexity index is 171. The van der Waals surface area contributed by atoms with E-state index in [0.29, 0.717) is 0 Å². The minimum absolute atomic E-state index is 0.270. The second kappa shape index (κ2) is 2.46. The van der Waals surface area contributed by atoms with Crippen molar-refractivity contribution in [1.82, 2.24) is 5.32 Å². The van der Waals surface area contributed by atoms with E-state index in [1.807, 2.05) is 13.0 Å². The molecule has 10 heavy (non-hydrogen) atoms. The van der Waals surface area contributed by atoms with Gasteiger partial charge in [-0.1, -0.05) is 0 Å². The molecule has 0 spiro atoms. The van der Waals surface area contributed by atoms with Crippen LogP contribution in [0, 0.1) is 0 Å². The lowest BCUT2D eigenvalue weighted by molar-refractivity contribution is 0.0491. The van der Waals surface area contributed by atoms with Crippen LogP contribution in [0.15, 0.2) is 12.3 Å². The predicted molar refractivity (Wildman–Crippen MR) is 43.2 cm³/mol. The summed E-state index contributed by atoms with van der Waals surface area (Å²) in [5.74, 6) is 0. The summed E-state index contributed by atoms with van der Waals surface area (Å²) in [5, 5.41) is 3.11. The highest BCUT2D eigenvalue weighted by atomic mass is 32.1. The number of hydrogen-bond donors (Lipinski definition) is 2. The van der Waals surface area contributed by atoms with E-state index < -0.39 is 5.72 Å². The third-order valence-electron chi connectivity index (χ3n) is 1.32. The van der Waals surface area contributed by atoms with Crippen molar-refractivity contribution in [2.75, 3.05) is 0 Å². The van der Waals surface area contributed by atoms with Gasteiger partial charge in [-0.15, -0.1) is 0 Å². The predicted octanol–water partition coefficient (Wildman–Crippen LogP) is 0.470. The van der Waals surface area contributed by atoms with Crippen molar-refractivity contribution in [3.8, 4) is 0 Å². The van der Waals surface area contributed by atoms with E-state index in [2.05, 4.69) is 17.5 Å². The molecule has 3 nitrogen and oxygen atoms in total. The van der Waals surface area contributed by atoms with Gasteiger partial charge in [0, 0.05) is 6.42 Å². The lowest BCUT2D eigenvalue weighted by Gasteiger charge is -2.24. The molecule has 0 saturated carbocycles. The summed E-state index contributed by atoms with van der Waals surface area (Å²) in [6.07, 6.45) is 4.36. The van der Waals surface area contributed by atoms with Gasteiger partial charge in [-0.25, -0.2) is 0 Å². The number of thiocarbonyl (C=S) groups is 1. The Morgan fingerprint density at radius 1 is 1.90 bits per heavy atom. The first kappa shape index (κ1) is 7.34. The van der Waals surface area contributed by atoms with Gasteiger partial charge in [0.05, 0.1) is 6.26 Å². The van der Waals surface area contributed by atoms with Crippen molar-refractivity contribution in [3.05, 3.63) is 12.3 Å². The molecule has 0 aromatic rings. The van der Waals surface area contributed by atoms with Gasteiger partial charge in [0.1, 0.15) is 0 Å². The number of hydrogen-bond acceptors (Lipinski definition) is 2. The fourth-order valence-corrected chi connectivity index (χ4v) is 1.08. The molecule has 0 radical (unpaired) electrons. The van der Waals surface area contributed by atoms with E-state index in [9.17, 15) is 0 Å². The summed E-state index contributed by atoms with van der Waals surface area (Å²) in [7, 11) is 0. The van der Waals surface area contributed by atoms with Crippen LogP contribution < -0.4 is 11.1 Å². The first-order valence-corrected chi connectivity index (χ1v) is 3.44. The maximum Gasteiger partial charge on any atom is 0.182 e. The van der Waals surface area contributed by atoms with Gasteiger partial charge >= 0.3 is 0 Å². The number of nitrogens with two attached hydrogens (primary N) is 1. The molecule has 0 fully saturated rings. The quantitative estimate of drug-likeness (QED) is 0.545. The first-order chi connectivity index (χ1) is 4.62. The molecule has 1 rings (SSSR count). The summed E-state index contributed by atoms with van der Waals surface area (Å²) in [4.78, 5) is 0. The zero-order valence-corrected chi connectivity index (χ0v) is 6.57. The zero-order chi connectivity index (χ0) is 7.61. The highest BCUT2D eigenvalue weighted by Crippen LogP contribution is 2.18. The van der Waals surface area contributed by atoms with E-state index in [0.717, 1.165) is 6.42 Å². The zero-order valence-electron chi connectivity index (χ0n) is 5.76. The van der Waals surface area contributed by atoms with Gasteiger partial charge in [0.15, 0.2) is 10.8 Å². The third-order valence-corrected chi connectivity index (χ3v) is 1.42. The lowest BCUT2D eigenvalue weighted by Crippen LogP contribution is -2.47. The van der Waals surface area contributed by atoms with E-state index in [1.165, 1.54) is 0 Å². The smallest absolute Gasteiger partial charge is 0.182 e. The monoisotopic (exact) mass is 158 g/mol. The van der Waals surface area contributed by atoms with E-state index >= 15 is 0 Å². The highest BCUT2D eigenvalue weighted by Gasteiger charge is 2.26. The fraction of sp³-hybridized carbons (Fsp3) is 0.500. The Labute approximate surface area is 65.2 Å². The van der Waals surface area contributed by atoms with Crippen molar-refractivity contribution in [2.45, 2.75) is 19.1 Å². The Morgan fingerprint density at radius 3 is 3.00 bits per heavy atom. The van der Waals surface area contributed by atoms with Crippen LogP contribution in [0.4, 0.5) is 0 Å². The SMILES string of the molecule is C[C@@]1(NC(N)=S)CC=CO1. The molecule has 0 amide bonds. The maximum atomic E-state index is 5.27. The molecule has 1 heterocycles. The third kappa shape index (κ3) is 1.60. The summed E-state index contributed by atoms with van der Waals surface area (Å²) in [5.41, 5.74) is 4.86. The van der Waals surface area contributed by atoms with Crippen LogP contribution in [0.1, 0.15) is 13.3 Å². The molecule has 0 aromatic carbocycles. The van der Waals surface area contributed by atoms with Crippen LogP contribution in [-0.2, 0) is 4.74 Å². The minimum Gasteiger partial charge on any atom is -0.476 e. The van der Waals surface area contributed by atoms with Crippen molar-refractivity contribution < 1.29 is 4.74 Å². The van der Waals surface area contributed by atoms with E-state index in [1.54, 1.807) is 6.26 Å². The van der Waals surface area contributed by atoms with Crippen LogP contribution >= 0.6 is 12.2 Å². The first-order valence-electron chi connectivity index (χ1n) is 3.03. The maximum absolute atomic E-state index is 5.27. The standard InChI is InChI=1S/C6H10N2OS/c1-6(8-5(7)10)3-2-4-9-6/h2,4H,3H2,1H3,(H3,7,8,10)/t6-/m0/s1.